The van der Waals surface area contributed by atoms with Crippen molar-refractivity contribution < 1.29 is 18.8 Å². The first-order valence-electron chi connectivity index (χ1n) is 12.1. The zero-order valence-corrected chi connectivity index (χ0v) is 20.3. The summed E-state index contributed by atoms with van der Waals surface area (Å²) in [5, 5.41) is 3.48. The first-order chi connectivity index (χ1) is 17.9. The van der Waals surface area contributed by atoms with Crippen molar-refractivity contribution in [3.63, 3.8) is 0 Å². The number of benzene rings is 1. The highest BCUT2D eigenvalue weighted by atomic mass is 19.1. The molecule has 1 saturated heterocycles. The molecule has 4 aromatic rings. The van der Waals surface area contributed by atoms with Gasteiger partial charge in [-0.25, -0.2) is 4.39 Å². The zero-order valence-electron chi connectivity index (χ0n) is 20.3. The average Bonchev–Trinajstić information content (AvgIpc) is 3.49. The Kier molecular flexibility index (Phi) is 6.76. The molecule has 1 fully saturated rings. The summed E-state index contributed by atoms with van der Waals surface area (Å²) in [7, 11) is 0. The second kappa shape index (κ2) is 10.3. The van der Waals surface area contributed by atoms with Crippen LogP contribution >= 0.6 is 0 Å². The topological polar surface area (TPSA) is 97.2 Å². The van der Waals surface area contributed by atoms with E-state index in [1.807, 2.05) is 36.4 Å². The molecule has 2 atom stereocenters. The fourth-order valence-electron chi connectivity index (χ4n) is 4.77. The van der Waals surface area contributed by atoms with Gasteiger partial charge in [0.15, 0.2) is 5.78 Å². The second-order valence-corrected chi connectivity index (χ2v) is 9.13. The van der Waals surface area contributed by atoms with Crippen molar-refractivity contribution in [1.82, 2.24) is 24.8 Å². The van der Waals surface area contributed by atoms with E-state index < -0.39 is 18.1 Å². The number of nitrogens with zero attached hydrogens (tertiary/aromatic N) is 4. The third-order valence-corrected chi connectivity index (χ3v) is 6.60. The molecule has 0 bridgehead atoms. The Labute approximate surface area is 213 Å². The fraction of sp³-hybridized carbons (Fsp3) is 0.250. The van der Waals surface area contributed by atoms with Crippen LogP contribution in [0.1, 0.15) is 29.4 Å². The third-order valence-electron chi connectivity index (χ3n) is 6.60. The number of aromatic nitrogens is 3. The molecule has 2 amide bonds. The number of Topliss-reactive ketones (excluding diaryl/α,β-unsaturated/α-hetero) is 1. The summed E-state index contributed by atoms with van der Waals surface area (Å²) in [4.78, 5) is 48.2. The number of carbonyl (C=O) groups excluding carboxylic acids is 3. The van der Waals surface area contributed by atoms with Crippen LogP contribution in [0.4, 0.5) is 4.39 Å². The van der Waals surface area contributed by atoms with Gasteiger partial charge in [0.1, 0.15) is 18.8 Å². The predicted octanol–water partition coefficient (Wildman–Crippen LogP) is 3.56. The van der Waals surface area contributed by atoms with Crippen molar-refractivity contribution in [2.24, 2.45) is 0 Å². The molecule has 188 valence electrons. The number of halogens is 1. The average molecular weight is 500 g/mol. The highest BCUT2D eigenvalue weighted by Gasteiger charge is 2.39. The summed E-state index contributed by atoms with van der Waals surface area (Å²) >= 11 is 0. The number of alkyl halides is 1. The highest BCUT2D eigenvalue weighted by molar-refractivity contribution is 6.08. The van der Waals surface area contributed by atoms with E-state index in [-0.39, 0.29) is 37.7 Å². The number of hydrogen-bond donors (Lipinski definition) is 1. The molecule has 0 radical (unpaired) electrons. The maximum Gasteiger partial charge on any atom is 0.243 e. The van der Waals surface area contributed by atoms with Gasteiger partial charge in [-0.15, -0.1) is 0 Å². The Morgan fingerprint density at radius 1 is 1.08 bits per heavy atom. The van der Waals surface area contributed by atoms with Gasteiger partial charge in [0, 0.05) is 53.2 Å². The Morgan fingerprint density at radius 3 is 2.68 bits per heavy atom. The van der Waals surface area contributed by atoms with Crippen molar-refractivity contribution in [2.45, 2.75) is 38.6 Å². The Bertz CT molecular complexity index is 1450. The number of likely N-dealkylation sites (tertiary alicyclic amines) is 1. The minimum atomic E-state index is -1.29. The largest absolute Gasteiger partial charge is 0.349 e. The van der Waals surface area contributed by atoms with Crippen molar-refractivity contribution in [3.8, 4) is 11.1 Å². The molecule has 0 unspecified atom stereocenters. The van der Waals surface area contributed by atoms with Gasteiger partial charge in [-0.1, -0.05) is 18.2 Å². The lowest BCUT2D eigenvalue weighted by Gasteiger charge is -2.24. The summed E-state index contributed by atoms with van der Waals surface area (Å²) < 4.78 is 16.1. The Morgan fingerprint density at radius 2 is 1.95 bits per heavy atom. The van der Waals surface area contributed by atoms with E-state index >= 15 is 0 Å². The van der Waals surface area contributed by atoms with Crippen LogP contribution in [0.25, 0.3) is 22.0 Å². The van der Waals surface area contributed by atoms with Gasteiger partial charge in [0.25, 0.3) is 0 Å². The van der Waals surface area contributed by atoms with E-state index in [1.165, 1.54) is 11.8 Å². The van der Waals surface area contributed by atoms with Gasteiger partial charge in [-0.05, 0) is 42.8 Å². The minimum absolute atomic E-state index is 0.0562. The first-order valence-corrected chi connectivity index (χ1v) is 12.1. The Hall–Kier alpha value is -4.40. The molecule has 0 saturated carbocycles. The van der Waals surface area contributed by atoms with Crippen LogP contribution in [-0.4, -0.2) is 55.8 Å². The first kappa shape index (κ1) is 24.3. The maximum absolute atomic E-state index is 14.4. The Balaban J connectivity index is 1.37. The molecule has 1 aromatic carbocycles. The lowest BCUT2D eigenvalue weighted by Crippen LogP contribution is -2.46. The van der Waals surface area contributed by atoms with Crippen molar-refractivity contribution in [2.75, 3.05) is 6.54 Å². The molecule has 4 heterocycles. The van der Waals surface area contributed by atoms with Gasteiger partial charge in [0.05, 0.1) is 18.8 Å². The number of ketones is 1. The van der Waals surface area contributed by atoms with Gasteiger partial charge in [-0.3, -0.25) is 24.4 Å². The van der Waals surface area contributed by atoms with Gasteiger partial charge in [0.2, 0.25) is 11.8 Å². The summed E-state index contributed by atoms with van der Waals surface area (Å²) in [6.07, 6.45) is 5.37. The van der Waals surface area contributed by atoms with Crippen LogP contribution < -0.4 is 5.32 Å². The molecule has 1 aliphatic rings. The molecule has 1 N–H and O–H groups in total. The summed E-state index contributed by atoms with van der Waals surface area (Å²) in [6, 6.07) is 13.9. The minimum Gasteiger partial charge on any atom is -0.349 e. The quantitative estimate of drug-likeness (QED) is 0.392. The van der Waals surface area contributed by atoms with Crippen molar-refractivity contribution >= 4 is 28.5 Å². The van der Waals surface area contributed by atoms with E-state index in [4.69, 9.17) is 0 Å². The van der Waals surface area contributed by atoms with E-state index in [0.29, 0.717) is 16.8 Å². The van der Waals surface area contributed by atoms with Crippen LogP contribution in [0.5, 0.6) is 0 Å². The smallest absolute Gasteiger partial charge is 0.243 e. The number of hydrogen-bond acceptors (Lipinski definition) is 5. The van der Waals surface area contributed by atoms with Gasteiger partial charge in [-0.2, -0.15) is 0 Å². The van der Waals surface area contributed by atoms with Crippen LogP contribution in [0.2, 0.25) is 0 Å². The van der Waals surface area contributed by atoms with Gasteiger partial charge >= 0.3 is 0 Å². The van der Waals surface area contributed by atoms with Crippen LogP contribution in [0.15, 0.2) is 73.3 Å². The van der Waals surface area contributed by atoms with E-state index in [2.05, 4.69) is 15.3 Å². The molecule has 37 heavy (non-hydrogen) atoms. The number of pyridine rings is 2. The summed E-state index contributed by atoms with van der Waals surface area (Å²) in [6.45, 7) is 1.41. The van der Waals surface area contributed by atoms with E-state index in [9.17, 15) is 18.8 Å². The molecular weight excluding hydrogens is 473 g/mol. The fourth-order valence-corrected chi connectivity index (χ4v) is 4.77. The van der Waals surface area contributed by atoms with Gasteiger partial charge < -0.3 is 14.8 Å². The molecule has 3 aromatic heterocycles. The van der Waals surface area contributed by atoms with Crippen molar-refractivity contribution in [3.05, 3.63) is 84.6 Å². The predicted molar refractivity (Wildman–Crippen MR) is 136 cm³/mol. The maximum atomic E-state index is 14.4. The third kappa shape index (κ3) is 5.11. The number of rotatable bonds is 7. The van der Waals surface area contributed by atoms with Crippen molar-refractivity contribution in [1.29, 1.82) is 0 Å². The number of carbonyl (C=O) groups is 3. The normalized spacial score (nSPS) is 17.2. The zero-order chi connectivity index (χ0) is 25.9. The molecule has 5 rings (SSSR count). The van der Waals surface area contributed by atoms with Crippen LogP contribution in [0, 0.1) is 0 Å². The molecule has 0 spiro atoms. The standard InChI is InChI=1S/C28H26FN5O3/c1-18(35)24-16-33(25-8-7-19(11-23(24)25)20-5-4-9-30-13-20)17-27(36)34-15-21(29)12-26(34)28(37)32-14-22-6-2-3-10-31-22/h2-11,13,16,21,26H,12,14-15,17H2,1H3,(H,32,37)/t21-,26+/m1/s1. The molecule has 9 heteroatoms. The van der Waals surface area contributed by atoms with E-state index in [1.54, 1.807) is 41.5 Å². The summed E-state index contributed by atoms with van der Waals surface area (Å²) in [5.41, 5.74) is 3.68. The second-order valence-electron chi connectivity index (χ2n) is 9.13. The lowest BCUT2D eigenvalue weighted by atomic mass is 10.0. The van der Waals surface area contributed by atoms with Crippen LogP contribution in [-0.2, 0) is 22.7 Å². The number of fused-ring (bicyclic) bond motifs is 1. The molecule has 0 aliphatic carbocycles. The number of nitrogens with one attached hydrogen (secondary N) is 1. The summed E-state index contributed by atoms with van der Waals surface area (Å²) in [5.74, 6) is -0.931. The highest BCUT2D eigenvalue weighted by Crippen LogP contribution is 2.29. The lowest BCUT2D eigenvalue weighted by molar-refractivity contribution is -0.139. The molecule has 1 aliphatic heterocycles. The SMILES string of the molecule is CC(=O)c1cn(CC(=O)N2C[C@H](F)C[C@H]2C(=O)NCc2ccccn2)c2ccc(-c3cccnc3)cc12. The monoisotopic (exact) mass is 499 g/mol. The molecule has 8 nitrogen and oxygen atoms in total. The number of amides is 2. The van der Waals surface area contributed by atoms with E-state index in [0.717, 1.165) is 16.5 Å². The molecular formula is C28H26FN5O3. The van der Waals surface area contributed by atoms with Crippen LogP contribution in [0.3, 0.4) is 0 Å².